The zero-order valence-electron chi connectivity index (χ0n) is 10.3. The lowest BCUT2D eigenvalue weighted by Crippen LogP contribution is -2.37. The third-order valence-corrected chi connectivity index (χ3v) is 3.68. The molecule has 1 unspecified atom stereocenters. The van der Waals surface area contributed by atoms with E-state index in [1.165, 1.54) is 0 Å². The van der Waals surface area contributed by atoms with Crippen LogP contribution in [0.15, 0.2) is 6.07 Å². The predicted molar refractivity (Wildman–Crippen MR) is 67.4 cm³/mol. The Bertz CT molecular complexity index is 416. The van der Waals surface area contributed by atoms with Crippen LogP contribution in [0.5, 0.6) is 0 Å². The molecule has 4 nitrogen and oxygen atoms in total. The first-order valence-corrected chi connectivity index (χ1v) is 6.60. The Hall–Kier alpha value is -1.03. The molecule has 1 fully saturated rings. The first-order valence-electron chi connectivity index (χ1n) is 6.07. The van der Waals surface area contributed by atoms with Gasteiger partial charge in [0, 0.05) is 25.5 Å². The summed E-state index contributed by atoms with van der Waals surface area (Å²) in [6.07, 6.45) is 2.90. The minimum absolute atomic E-state index is 0.0582. The van der Waals surface area contributed by atoms with Crippen molar-refractivity contribution >= 4 is 17.5 Å². The molecule has 1 aromatic heterocycles. The van der Waals surface area contributed by atoms with Crippen LogP contribution in [0.4, 0.5) is 0 Å². The maximum Gasteiger partial charge on any atom is 0.272 e. The Labute approximate surface area is 107 Å². The molecule has 0 N–H and O–H groups in total. The summed E-state index contributed by atoms with van der Waals surface area (Å²) in [7, 11) is 1.82. The topological polar surface area (TPSA) is 38.1 Å². The summed E-state index contributed by atoms with van der Waals surface area (Å²) in [5.74, 6) is 0.576. The zero-order valence-corrected chi connectivity index (χ0v) is 11.1. The molecule has 1 amide bonds. The summed E-state index contributed by atoms with van der Waals surface area (Å²) < 4.78 is 1.67. The molecule has 1 saturated heterocycles. The van der Waals surface area contributed by atoms with Crippen LogP contribution in [0.2, 0.25) is 0 Å². The Kier molecular flexibility index (Phi) is 3.72. The molecule has 1 aliphatic rings. The quantitative estimate of drug-likeness (QED) is 0.773. The highest BCUT2D eigenvalue weighted by Crippen LogP contribution is 2.21. The van der Waals surface area contributed by atoms with Crippen LogP contribution < -0.4 is 0 Å². The molecular weight excluding hydrogens is 238 g/mol. The van der Waals surface area contributed by atoms with E-state index in [9.17, 15) is 4.79 Å². The molecular formula is C12H18ClN3O. The van der Waals surface area contributed by atoms with E-state index in [1.807, 2.05) is 24.9 Å². The van der Waals surface area contributed by atoms with Crippen molar-refractivity contribution in [1.29, 1.82) is 0 Å². The average molecular weight is 256 g/mol. The minimum atomic E-state index is 0.0582. The molecule has 2 heterocycles. The largest absolute Gasteiger partial charge is 0.333 e. The van der Waals surface area contributed by atoms with Gasteiger partial charge in [0.2, 0.25) is 0 Å². The van der Waals surface area contributed by atoms with Crippen molar-refractivity contribution in [3.05, 3.63) is 17.5 Å². The molecule has 0 spiro atoms. The van der Waals surface area contributed by atoms with E-state index in [0.29, 0.717) is 11.6 Å². The van der Waals surface area contributed by atoms with Gasteiger partial charge >= 0.3 is 0 Å². The number of hydrogen-bond donors (Lipinski definition) is 0. The number of hydrogen-bond acceptors (Lipinski definition) is 2. The maximum absolute atomic E-state index is 12.4. The third kappa shape index (κ3) is 2.32. The number of carbonyl (C=O) groups excluding carboxylic acids is 1. The number of rotatable bonds is 3. The molecule has 17 heavy (non-hydrogen) atoms. The molecule has 1 aliphatic heterocycles. The number of halogens is 1. The average Bonchev–Trinajstić information content (AvgIpc) is 2.93. The molecule has 0 aliphatic carbocycles. The summed E-state index contributed by atoms with van der Waals surface area (Å²) in [5.41, 5.74) is 1.62. The predicted octanol–water partition coefficient (Wildman–Crippen LogP) is 1.83. The first-order chi connectivity index (χ1) is 8.17. The lowest BCUT2D eigenvalue weighted by Gasteiger charge is -2.22. The van der Waals surface area contributed by atoms with Gasteiger partial charge in [0.05, 0.1) is 5.69 Å². The smallest absolute Gasteiger partial charge is 0.272 e. The van der Waals surface area contributed by atoms with Crippen molar-refractivity contribution < 1.29 is 4.79 Å². The Balaban J connectivity index is 2.21. The van der Waals surface area contributed by atoms with Crippen molar-refractivity contribution in [1.82, 2.24) is 14.7 Å². The molecule has 0 aromatic carbocycles. The number of aryl methyl sites for hydroxylation is 2. The minimum Gasteiger partial charge on any atom is -0.333 e. The van der Waals surface area contributed by atoms with Crippen molar-refractivity contribution in [2.24, 2.45) is 7.05 Å². The van der Waals surface area contributed by atoms with Crippen LogP contribution in [-0.4, -0.2) is 39.1 Å². The number of nitrogens with zero attached hydrogens (tertiary/aromatic N) is 3. The number of aromatic nitrogens is 2. The second-order valence-electron chi connectivity index (χ2n) is 4.45. The molecule has 94 valence electrons. The van der Waals surface area contributed by atoms with Gasteiger partial charge in [-0.15, -0.1) is 11.6 Å². The monoisotopic (exact) mass is 255 g/mol. The molecule has 2 rings (SSSR count). The van der Waals surface area contributed by atoms with E-state index >= 15 is 0 Å². The molecule has 0 saturated carbocycles. The van der Waals surface area contributed by atoms with Gasteiger partial charge in [-0.25, -0.2) is 0 Å². The molecule has 0 radical (unpaired) electrons. The third-order valence-electron chi connectivity index (χ3n) is 3.33. The molecule has 5 heteroatoms. The summed E-state index contributed by atoms with van der Waals surface area (Å²) in [6.45, 7) is 2.84. The molecule has 1 atom stereocenters. The highest BCUT2D eigenvalue weighted by molar-refractivity contribution is 6.18. The Morgan fingerprint density at radius 1 is 1.65 bits per heavy atom. The summed E-state index contributed by atoms with van der Waals surface area (Å²) in [5, 5.41) is 4.31. The highest BCUT2D eigenvalue weighted by Gasteiger charge is 2.30. The highest BCUT2D eigenvalue weighted by atomic mass is 35.5. The Morgan fingerprint density at radius 2 is 2.41 bits per heavy atom. The van der Waals surface area contributed by atoms with Gasteiger partial charge in [0.25, 0.3) is 5.91 Å². The van der Waals surface area contributed by atoms with E-state index in [1.54, 1.807) is 4.68 Å². The van der Waals surface area contributed by atoms with E-state index in [0.717, 1.165) is 31.5 Å². The second kappa shape index (κ2) is 5.08. The van der Waals surface area contributed by atoms with Crippen LogP contribution in [-0.2, 0) is 13.5 Å². The van der Waals surface area contributed by atoms with Crippen molar-refractivity contribution in [3.63, 3.8) is 0 Å². The standard InChI is InChI=1S/C12H18ClN3O/c1-3-9-7-11(15(2)14-9)12(17)16-6-4-5-10(16)8-13/h7,10H,3-6,8H2,1-2H3. The number of likely N-dealkylation sites (tertiary alicyclic amines) is 1. The van der Waals surface area contributed by atoms with Gasteiger partial charge in [-0.2, -0.15) is 5.10 Å². The van der Waals surface area contributed by atoms with Gasteiger partial charge in [-0.05, 0) is 25.3 Å². The van der Waals surface area contributed by atoms with E-state index < -0.39 is 0 Å². The van der Waals surface area contributed by atoms with Crippen LogP contribution in [0.25, 0.3) is 0 Å². The van der Waals surface area contributed by atoms with Gasteiger partial charge in [-0.3, -0.25) is 9.48 Å². The number of alkyl halides is 1. The lowest BCUT2D eigenvalue weighted by molar-refractivity contribution is 0.0738. The first kappa shape index (κ1) is 12.4. The normalized spacial score (nSPS) is 19.9. The van der Waals surface area contributed by atoms with Crippen molar-refractivity contribution in [3.8, 4) is 0 Å². The van der Waals surface area contributed by atoms with Gasteiger partial charge in [0.15, 0.2) is 0 Å². The maximum atomic E-state index is 12.4. The fraction of sp³-hybridized carbons (Fsp3) is 0.667. The lowest BCUT2D eigenvalue weighted by atomic mass is 10.2. The molecule has 1 aromatic rings. The van der Waals surface area contributed by atoms with Gasteiger partial charge in [-0.1, -0.05) is 6.92 Å². The van der Waals surface area contributed by atoms with E-state index in [2.05, 4.69) is 5.10 Å². The van der Waals surface area contributed by atoms with Crippen molar-refractivity contribution in [2.75, 3.05) is 12.4 Å². The molecule has 0 bridgehead atoms. The SMILES string of the molecule is CCc1cc(C(=O)N2CCCC2CCl)n(C)n1. The Morgan fingerprint density at radius 3 is 3.00 bits per heavy atom. The van der Waals surface area contributed by atoms with Gasteiger partial charge in [0.1, 0.15) is 5.69 Å². The van der Waals surface area contributed by atoms with E-state index in [-0.39, 0.29) is 11.9 Å². The fourth-order valence-corrected chi connectivity index (χ4v) is 2.63. The van der Waals surface area contributed by atoms with Crippen LogP contribution in [0.3, 0.4) is 0 Å². The van der Waals surface area contributed by atoms with E-state index in [4.69, 9.17) is 11.6 Å². The zero-order chi connectivity index (χ0) is 12.4. The van der Waals surface area contributed by atoms with Crippen LogP contribution in [0, 0.1) is 0 Å². The van der Waals surface area contributed by atoms with Crippen LogP contribution in [0.1, 0.15) is 35.9 Å². The fourth-order valence-electron chi connectivity index (χ4n) is 2.31. The number of carbonyl (C=O) groups is 1. The van der Waals surface area contributed by atoms with Crippen LogP contribution >= 0.6 is 11.6 Å². The van der Waals surface area contributed by atoms with Crippen molar-refractivity contribution in [2.45, 2.75) is 32.2 Å². The summed E-state index contributed by atoms with van der Waals surface area (Å²) >= 11 is 5.89. The van der Waals surface area contributed by atoms with Gasteiger partial charge < -0.3 is 4.90 Å². The summed E-state index contributed by atoms with van der Waals surface area (Å²) in [6, 6.07) is 2.07. The number of amides is 1. The second-order valence-corrected chi connectivity index (χ2v) is 4.76. The summed E-state index contributed by atoms with van der Waals surface area (Å²) in [4.78, 5) is 14.3.